The topological polar surface area (TPSA) is 73.2 Å². The van der Waals surface area contributed by atoms with Gasteiger partial charge in [0.1, 0.15) is 0 Å². The van der Waals surface area contributed by atoms with Crippen molar-refractivity contribution >= 4 is 15.9 Å². The standard InChI is InChI=1S/C11H15N3O2S/c1-2-13-17(15,16)14(10-6-9-12)11-7-4-3-5-8-11/h3-5,7-8,13H,2,6,10H2,1H3. The van der Waals surface area contributed by atoms with Crippen molar-refractivity contribution in [3.63, 3.8) is 0 Å². The Morgan fingerprint density at radius 1 is 1.35 bits per heavy atom. The number of nitrogens with zero attached hydrogens (tertiary/aromatic N) is 2. The molecule has 0 atom stereocenters. The van der Waals surface area contributed by atoms with Crippen molar-refractivity contribution in [1.82, 2.24) is 4.72 Å². The normalized spacial score (nSPS) is 10.8. The second kappa shape index (κ2) is 6.23. The molecule has 0 aliphatic heterocycles. The number of nitrogens with one attached hydrogen (secondary N) is 1. The van der Waals surface area contributed by atoms with E-state index in [2.05, 4.69) is 4.72 Å². The van der Waals surface area contributed by atoms with Gasteiger partial charge in [-0.15, -0.1) is 0 Å². The molecule has 1 N–H and O–H groups in total. The average molecular weight is 253 g/mol. The minimum Gasteiger partial charge on any atom is -0.257 e. The molecule has 0 bridgehead atoms. The lowest BCUT2D eigenvalue weighted by molar-refractivity contribution is 0.578. The zero-order valence-electron chi connectivity index (χ0n) is 9.63. The fourth-order valence-corrected chi connectivity index (χ4v) is 2.65. The van der Waals surface area contributed by atoms with E-state index in [4.69, 9.17) is 5.26 Å². The summed E-state index contributed by atoms with van der Waals surface area (Å²) in [5.41, 5.74) is 0.559. The lowest BCUT2D eigenvalue weighted by Crippen LogP contribution is -2.41. The highest BCUT2D eigenvalue weighted by molar-refractivity contribution is 7.90. The summed E-state index contributed by atoms with van der Waals surface area (Å²) in [4.78, 5) is 0. The van der Waals surface area contributed by atoms with Crippen LogP contribution >= 0.6 is 0 Å². The van der Waals surface area contributed by atoms with Gasteiger partial charge in [0.15, 0.2) is 0 Å². The first-order chi connectivity index (χ1) is 8.11. The molecule has 0 amide bonds. The van der Waals surface area contributed by atoms with E-state index < -0.39 is 10.2 Å². The van der Waals surface area contributed by atoms with Crippen LogP contribution in [0.2, 0.25) is 0 Å². The molecule has 0 radical (unpaired) electrons. The van der Waals surface area contributed by atoms with E-state index in [1.54, 1.807) is 31.2 Å². The third-order valence-corrected chi connectivity index (χ3v) is 3.71. The summed E-state index contributed by atoms with van der Waals surface area (Å²) in [6.45, 7) is 2.18. The molecule has 0 saturated carbocycles. The van der Waals surface area contributed by atoms with Gasteiger partial charge in [-0.3, -0.25) is 4.31 Å². The van der Waals surface area contributed by atoms with Crippen LogP contribution in [0.25, 0.3) is 0 Å². The molecule has 0 heterocycles. The van der Waals surface area contributed by atoms with Crippen LogP contribution in [0.15, 0.2) is 30.3 Å². The van der Waals surface area contributed by atoms with Gasteiger partial charge in [0.2, 0.25) is 0 Å². The van der Waals surface area contributed by atoms with Crippen LogP contribution in [0.5, 0.6) is 0 Å². The van der Waals surface area contributed by atoms with E-state index in [1.165, 1.54) is 4.31 Å². The molecule has 0 saturated heterocycles. The van der Waals surface area contributed by atoms with Gasteiger partial charge >= 0.3 is 10.2 Å². The van der Waals surface area contributed by atoms with E-state index in [-0.39, 0.29) is 13.0 Å². The van der Waals surface area contributed by atoms with Crippen molar-refractivity contribution in [1.29, 1.82) is 5.26 Å². The fraction of sp³-hybridized carbons (Fsp3) is 0.364. The maximum absolute atomic E-state index is 11.9. The molecule has 5 nitrogen and oxygen atoms in total. The first-order valence-electron chi connectivity index (χ1n) is 5.31. The highest BCUT2D eigenvalue weighted by Gasteiger charge is 2.20. The second-order valence-electron chi connectivity index (χ2n) is 3.32. The predicted molar refractivity (Wildman–Crippen MR) is 66.6 cm³/mol. The van der Waals surface area contributed by atoms with Crippen LogP contribution in [-0.4, -0.2) is 21.5 Å². The number of para-hydroxylation sites is 1. The molecule has 0 spiro atoms. The summed E-state index contributed by atoms with van der Waals surface area (Å²) in [5.74, 6) is 0. The number of hydrogen-bond donors (Lipinski definition) is 1. The molecular formula is C11H15N3O2S. The minimum atomic E-state index is -3.57. The molecule has 1 aromatic rings. The van der Waals surface area contributed by atoms with Gasteiger partial charge in [-0.1, -0.05) is 25.1 Å². The van der Waals surface area contributed by atoms with Gasteiger partial charge in [0.05, 0.1) is 18.2 Å². The number of hydrogen-bond acceptors (Lipinski definition) is 3. The van der Waals surface area contributed by atoms with Crippen LogP contribution in [-0.2, 0) is 10.2 Å². The van der Waals surface area contributed by atoms with E-state index >= 15 is 0 Å². The summed E-state index contributed by atoms with van der Waals surface area (Å²) in [6.07, 6.45) is 0.152. The highest BCUT2D eigenvalue weighted by Crippen LogP contribution is 2.16. The SMILES string of the molecule is CCNS(=O)(=O)N(CCC#N)c1ccccc1. The number of benzene rings is 1. The van der Waals surface area contributed by atoms with E-state index in [9.17, 15) is 8.42 Å². The van der Waals surface area contributed by atoms with Gasteiger partial charge in [-0.05, 0) is 12.1 Å². The molecule has 0 unspecified atom stereocenters. The van der Waals surface area contributed by atoms with Gasteiger partial charge in [-0.25, -0.2) is 0 Å². The first kappa shape index (κ1) is 13.5. The van der Waals surface area contributed by atoms with Crippen molar-refractivity contribution in [2.24, 2.45) is 0 Å². The first-order valence-corrected chi connectivity index (χ1v) is 6.75. The molecule has 1 aromatic carbocycles. The maximum atomic E-state index is 11.9. The Labute approximate surface area is 102 Å². The van der Waals surface area contributed by atoms with E-state index in [1.807, 2.05) is 12.1 Å². The van der Waals surface area contributed by atoms with Crippen molar-refractivity contribution in [2.75, 3.05) is 17.4 Å². The van der Waals surface area contributed by atoms with E-state index in [0.29, 0.717) is 12.2 Å². The lowest BCUT2D eigenvalue weighted by Gasteiger charge is -2.23. The highest BCUT2D eigenvalue weighted by atomic mass is 32.2. The predicted octanol–water partition coefficient (Wildman–Crippen LogP) is 1.26. The van der Waals surface area contributed by atoms with Gasteiger partial charge in [-0.2, -0.15) is 18.4 Å². The summed E-state index contributed by atoms with van der Waals surface area (Å²) < 4.78 is 27.5. The Morgan fingerprint density at radius 3 is 2.53 bits per heavy atom. The smallest absolute Gasteiger partial charge is 0.257 e. The maximum Gasteiger partial charge on any atom is 0.301 e. The monoisotopic (exact) mass is 253 g/mol. The molecule has 0 aliphatic rings. The van der Waals surface area contributed by atoms with Crippen LogP contribution in [0, 0.1) is 11.3 Å². The zero-order chi connectivity index (χ0) is 12.7. The summed E-state index contributed by atoms with van der Waals surface area (Å²) in [7, 11) is -3.57. The molecular weight excluding hydrogens is 238 g/mol. The molecule has 0 fully saturated rings. The van der Waals surface area contributed by atoms with Crippen LogP contribution < -0.4 is 9.03 Å². The molecule has 17 heavy (non-hydrogen) atoms. The molecule has 0 aromatic heterocycles. The minimum absolute atomic E-state index is 0.149. The Kier molecular flexibility index (Phi) is 4.94. The lowest BCUT2D eigenvalue weighted by atomic mass is 10.3. The van der Waals surface area contributed by atoms with Crippen LogP contribution in [0.1, 0.15) is 13.3 Å². The molecule has 92 valence electrons. The second-order valence-corrected chi connectivity index (χ2v) is 5.00. The molecule has 0 aliphatic carbocycles. The summed E-state index contributed by atoms with van der Waals surface area (Å²) in [5, 5.41) is 8.57. The number of anilines is 1. The van der Waals surface area contributed by atoms with Crippen molar-refractivity contribution in [3.8, 4) is 6.07 Å². The Balaban J connectivity index is 3.01. The fourth-order valence-electron chi connectivity index (χ4n) is 1.39. The van der Waals surface area contributed by atoms with Gasteiger partial charge < -0.3 is 0 Å². The largest absolute Gasteiger partial charge is 0.301 e. The Hall–Kier alpha value is -1.58. The third-order valence-electron chi connectivity index (χ3n) is 2.09. The Morgan fingerprint density at radius 2 is 2.00 bits per heavy atom. The number of rotatable bonds is 6. The third kappa shape index (κ3) is 3.73. The average Bonchev–Trinajstić information content (AvgIpc) is 2.30. The number of nitriles is 1. The van der Waals surface area contributed by atoms with Gasteiger partial charge in [0.25, 0.3) is 0 Å². The van der Waals surface area contributed by atoms with Crippen LogP contribution in [0.3, 0.4) is 0 Å². The van der Waals surface area contributed by atoms with Crippen molar-refractivity contribution < 1.29 is 8.42 Å². The van der Waals surface area contributed by atoms with E-state index in [0.717, 1.165) is 0 Å². The molecule has 1 rings (SSSR count). The quantitative estimate of drug-likeness (QED) is 0.829. The van der Waals surface area contributed by atoms with Crippen LogP contribution in [0.4, 0.5) is 5.69 Å². The van der Waals surface area contributed by atoms with Gasteiger partial charge in [0, 0.05) is 13.1 Å². The van der Waals surface area contributed by atoms with Crippen molar-refractivity contribution in [2.45, 2.75) is 13.3 Å². The Bertz CT molecular complexity index is 479. The summed E-state index contributed by atoms with van der Waals surface area (Å²) >= 11 is 0. The van der Waals surface area contributed by atoms with Crippen molar-refractivity contribution in [3.05, 3.63) is 30.3 Å². The zero-order valence-corrected chi connectivity index (χ0v) is 10.4. The molecule has 6 heteroatoms. The summed E-state index contributed by atoms with van der Waals surface area (Å²) in [6, 6.07) is 10.7.